The van der Waals surface area contributed by atoms with Gasteiger partial charge in [-0.25, -0.2) is 4.98 Å². The van der Waals surface area contributed by atoms with E-state index in [1.54, 1.807) is 7.05 Å². The van der Waals surface area contributed by atoms with Crippen molar-refractivity contribution in [3.63, 3.8) is 0 Å². The molecule has 1 saturated heterocycles. The lowest BCUT2D eigenvalue weighted by Gasteiger charge is -2.30. The Morgan fingerprint density at radius 2 is 2.15 bits per heavy atom. The smallest absolute Gasteiger partial charge is 0.365 e. The number of halogens is 4. The van der Waals surface area contributed by atoms with Crippen molar-refractivity contribution in [2.45, 2.75) is 25.1 Å². The lowest BCUT2D eigenvalue weighted by atomic mass is 10.1. The minimum Gasteiger partial charge on any atom is -0.365 e. The van der Waals surface area contributed by atoms with Crippen molar-refractivity contribution in [3.8, 4) is 0 Å². The summed E-state index contributed by atoms with van der Waals surface area (Å²) >= 11 is 5.61. The molecular weight excluding hydrogens is 295 g/mol. The molecule has 110 valence electrons. The monoisotopic (exact) mass is 307 g/mol. The summed E-state index contributed by atoms with van der Waals surface area (Å²) in [6.45, 7) is 0.425. The Balaban J connectivity index is 2.14. The Kier molecular flexibility index (Phi) is 4.08. The third-order valence-corrected chi connectivity index (χ3v) is 3.29. The van der Waals surface area contributed by atoms with Crippen molar-refractivity contribution in [2.24, 2.45) is 0 Å². The Hall–Kier alpha value is -1.50. The summed E-state index contributed by atoms with van der Waals surface area (Å²) in [5.41, 5.74) is -0.847. The van der Waals surface area contributed by atoms with Crippen molar-refractivity contribution < 1.29 is 18.0 Å². The van der Waals surface area contributed by atoms with Crippen LogP contribution in [0.4, 0.5) is 19.0 Å². The number of pyridine rings is 1. The molecule has 1 amide bonds. The number of aromatic nitrogens is 1. The molecule has 1 fully saturated rings. The zero-order valence-corrected chi connectivity index (χ0v) is 11.4. The molecule has 8 heteroatoms. The van der Waals surface area contributed by atoms with E-state index >= 15 is 0 Å². The molecule has 20 heavy (non-hydrogen) atoms. The topological polar surface area (TPSA) is 45.2 Å². The maximum absolute atomic E-state index is 12.7. The molecule has 1 aromatic heterocycles. The highest BCUT2D eigenvalue weighted by Gasteiger charge is 2.32. The number of nitrogens with one attached hydrogen (secondary N) is 1. The number of anilines is 1. The predicted molar refractivity (Wildman–Crippen MR) is 68.5 cm³/mol. The van der Waals surface area contributed by atoms with E-state index in [-0.39, 0.29) is 22.9 Å². The van der Waals surface area contributed by atoms with Crippen molar-refractivity contribution >= 4 is 23.3 Å². The van der Waals surface area contributed by atoms with Crippen LogP contribution in [0.5, 0.6) is 0 Å². The molecule has 0 bridgehead atoms. The maximum Gasteiger partial charge on any atom is 0.416 e. The number of likely N-dealkylation sites (N-methyl/N-ethyl adjacent to an activating group) is 1. The van der Waals surface area contributed by atoms with E-state index in [2.05, 4.69) is 10.3 Å². The summed E-state index contributed by atoms with van der Waals surface area (Å²) in [7, 11) is 1.66. The van der Waals surface area contributed by atoms with E-state index in [9.17, 15) is 18.0 Å². The number of rotatable bonds is 2. The van der Waals surface area contributed by atoms with E-state index in [4.69, 9.17) is 11.6 Å². The van der Waals surface area contributed by atoms with Crippen LogP contribution in [-0.4, -0.2) is 35.4 Å². The molecule has 1 atom stereocenters. The number of piperidine rings is 1. The van der Waals surface area contributed by atoms with E-state index in [0.29, 0.717) is 19.4 Å². The number of carbonyl (C=O) groups excluding carboxylic acids is 1. The molecule has 0 aliphatic carbocycles. The maximum atomic E-state index is 12.7. The highest BCUT2D eigenvalue weighted by molar-refractivity contribution is 6.29. The number of carbonyl (C=O) groups is 1. The SMILES string of the molecule is CN1CC(Nc2cc(C(F)(F)F)cc(Cl)n2)CCC1=O. The Morgan fingerprint density at radius 3 is 2.75 bits per heavy atom. The molecule has 0 radical (unpaired) electrons. The second-order valence-electron chi connectivity index (χ2n) is 4.72. The second kappa shape index (κ2) is 5.47. The van der Waals surface area contributed by atoms with Gasteiger partial charge in [0, 0.05) is 26.1 Å². The molecule has 0 aromatic carbocycles. The highest BCUT2D eigenvalue weighted by Crippen LogP contribution is 2.32. The van der Waals surface area contributed by atoms with E-state index in [1.165, 1.54) is 4.90 Å². The van der Waals surface area contributed by atoms with Gasteiger partial charge in [-0.1, -0.05) is 11.6 Å². The van der Waals surface area contributed by atoms with Gasteiger partial charge in [0.05, 0.1) is 5.56 Å². The first kappa shape index (κ1) is 14.9. The highest BCUT2D eigenvalue weighted by atomic mass is 35.5. The number of hydrogen-bond donors (Lipinski definition) is 1. The average Bonchev–Trinajstić information content (AvgIpc) is 2.32. The molecule has 1 unspecified atom stereocenters. The van der Waals surface area contributed by atoms with Gasteiger partial charge >= 0.3 is 6.18 Å². The first-order valence-electron chi connectivity index (χ1n) is 6.01. The summed E-state index contributed by atoms with van der Waals surface area (Å²) in [6, 6.07) is 1.57. The number of hydrogen-bond acceptors (Lipinski definition) is 3. The van der Waals surface area contributed by atoms with Gasteiger partial charge in [-0.05, 0) is 18.6 Å². The second-order valence-corrected chi connectivity index (χ2v) is 5.10. The van der Waals surface area contributed by atoms with Gasteiger partial charge in [-0.3, -0.25) is 4.79 Å². The van der Waals surface area contributed by atoms with Gasteiger partial charge in [0.25, 0.3) is 0 Å². The van der Waals surface area contributed by atoms with Crippen molar-refractivity contribution in [2.75, 3.05) is 18.9 Å². The largest absolute Gasteiger partial charge is 0.416 e. The number of nitrogens with zero attached hydrogens (tertiary/aromatic N) is 2. The summed E-state index contributed by atoms with van der Waals surface area (Å²) in [6.07, 6.45) is -3.55. The minimum atomic E-state index is -4.47. The number of amides is 1. The van der Waals surface area contributed by atoms with Crippen LogP contribution in [0.15, 0.2) is 12.1 Å². The van der Waals surface area contributed by atoms with Crippen LogP contribution in [0, 0.1) is 0 Å². The van der Waals surface area contributed by atoms with Crippen molar-refractivity contribution in [1.29, 1.82) is 0 Å². The summed E-state index contributed by atoms with van der Waals surface area (Å²) < 4.78 is 38.0. The van der Waals surface area contributed by atoms with Gasteiger partial charge in [-0.15, -0.1) is 0 Å². The molecule has 1 aliphatic rings. The van der Waals surface area contributed by atoms with E-state index in [1.807, 2.05) is 0 Å². The molecule has 0 saturated carbocycles. The standard InChI is InChI=1S/C12H13ClF3N3O/c1-19-6-8(2-3-11(19)20)17-10-5-7(12(14,15)16)4-9(13)18-10/h4-5,8H,2-3,6H2,1H3,(H,17,18). The van der Waals surface area contributed by atoms with Crippen LogP contribution >= 0.6 is 11.6 Å². The predicted octanol–water partition coefficient (Wildman–Crippen LogP) is 2.79. The fraction of sp³-hybridized carbons (Fsp3) is 0.500. The van der Waals surface area contributed by atoms with E-state index in [0.717, 1.165) is 12.1 Å². The first-order chi connectivity index (χ1) is 9.25. The number of alkyl halides is 3. The summed E-state index contributed by atoms with van der Waals surface area (Å²) in [5.74, 6) is 0.0932. The quantitative estimate of drug-likeness (QED) is 0.855. The lowest BCUT2D eigenvalue weighted by Crippen LogP contribution is -2.43. The zero-order valence-electron chi connectivity index (χ0n) is 10.7. The van der Waals surface area contributed by atoms with Crippen LogP contribution in [-0.2, 0) is 11.0 Å². The van der Waals surface area contributed by atoms with Crippen molar-refractivity contribution in [1.82, 2.24) is 9.88 Å². The van der Waals surface area contributed by atoms with Gasteiger partial charge in [-0.2, -0.15) is 13.2 Å². The Morgan fingerprint density at radius 1 is 1.45 bits per heavy atom. The minimum absolute atomic E-state index is 0.0260. The normalized spacial score (nSPS) is 20.1. The van der Waals surface area contributed by atoms with Gasteiger partial charge in [0.1, 0.15) is 11.0 Å². The molecule has 1 N–H and O–H groups in total. The molecule has 1 aliphatic heterocycles. The van der Waals surface area contributed by atoms with Gasteiger partial charge in [0.2, 0.25) is 5.91 Å². The van der Waals surface area contributed by atoms with Crippen LogP contribution in [0.1, 0.15) is 18.4 Å². The molecule has 1 aromatic rings. The first-order valence-corrected chi connectivity index (χ1v) is 6.39. The van der Waals surface area contributed by atoms with Crippen LogP contribution in [0.2, 0.25) is 5.15 Å². The third kappa shape index (κ3) is 3.53. The number of likely N-dealkylation sites (tertiary alicyclic amines) is 1. The van der Waals surface area contributed by atoms with Gasteiger partial charge < -0.3 is 10.2 Å². The summed E-state index contributed by atoms with van der Waals surface area (Å²) in [4.78, 5) is 16.7. The van der Waals surface area contributed by atoms with E-state index < -0.39 is 11.7 Å². The fourth-order valence-corrected chi connectivity index (χ4v) is 2.28. The Labute approximate surface area is 118 Å². The van der Waals surface area contributed by atoms with Crippen LogP contribution in [0.3, 0.4) is 0 Å². The molecular formula is C12H13ClF3N3O. The van der Waals surface area contributed by atoms with Crippen LogP contribution in [0.25, 0.3) is 0 Å². The molecule has 2 rings (SSSR count). The molecule has 0 spiro atoms. The van der Waals surface area contributed by atoms with Crippen molar-refractivity contribution in [3.05, 3.63) is 22.8 Å². The third-order valence-electron chi connectivity index (χ3n) is 3.10. The zero-order chi connectivity index (χ0) is 14.9. The van der Waals surface area contributed by atoms with Crippen LogP contribution < -0.4 is 5.32 Å². The Bertz CT molecular complexity index is 521. The average molecular weight is 308 g/mol. The lowest BCUT2D eigenvalue weighted by molar-refractivity contribution is -0.137. The molecule has 4 nitrogen and oxygen atoms in total. The molecule has 2 heterocycles. The summed E-state index contributed by atoms with van der Waals surface area (Å²) in [5, 5.41) is 2.68. The van der Waals surface area contributed by atoms with Gasteiger partial charge in [0.15, 0.2) is 0 Å². The fourth-order valence-electron chi connectivity index (χ4n) is 2.07.